The van der Waals surface area contributed by atoms with Gasteiger partial charge in [-0.3, -0.25) is 9.36 Å². The molecule has 0 saturated carbocycles. The van der Waals surface area contributed by atoms with Crippen molar-refractivity contribution < 1.29 is 0 Å². The molecule has 0 saturated heterocycles. The predicted molar refractivity (Wildman–Crippen MR) is 64.7 cm³/mol. The van der Waals surface area contributed by atoms with E-state index >= 15 is 0 Å². The Morgan fingerprint density at radius 2 is 2.12 bits per heavy atom. The molecule has 1 aromatic rings. The standard InChI is InChI=1S/C13H20N2O/c1-9-5-6-11-14-10(13(2,3)4)7-12(16)15(11)8-9/h7,9H,5-6,8H2,1-4H3. The Balaban J connectivity index is 2.51. The lowest BCUT2D eigenvalue weighted by Gasteiger charge is -2.25. The first-order valence-corrected chi connectivity index (χ1v) is 5.99. The van der Waals surface area contributed by atoms with Crippen LogP contribution in [0.4, 0.5) is 0 Å². The van der Waals surface area contributed by atoms with Gasteiger partial charge in [0.2, 0.25) is 0 Å². The summed E-state index contributed by atoms with van der Waals surface area (Å²) in [6.45, 7) is 9.30. The summed E-state index contributed by atoms with van der Waals surface area (Å²) in [5.74, 6) is 1.56. The van der Waals surface area contributed by atoms with Gasteiger partial charge in [-0.25, -0.2) is 4.98 Å². The molecular formula is C13H20N2O. The highest BCUT2D eigenvalue weighted by atomic mass is 16.1. The van der Waals surface area contributed by atoms with Crippen molar-refractivity contribution in [2.75, 3.05) is 0 Å². The summed E-state index contributed by atoms with van der Waals surface area (Å²) in [5, 5.41) is 0. The van der Waals surface area contributed by atoms with Crippen LogP contribution in [0.5, 0.6) is 0 Å². The fraction of sp³-hybridized carbons (Fsp3) is 0.692. The average Bonchev–Trinajstić information content (AvgIpc) is 2.17. The van der Waals surface area contributed by atoms with Gasteiger partial charge in [0.1, 0.15) is 5.82 Å². The molecule has 0 bridgehead atoms. The van der Waals surface area contributed by atoms with Crippen LogP contribution in [0.3, 0.4) is 0 Å². The lowest BCUT2D eigenvalue weighted by atomic mass is 9.91. The van der Waals surface area contributed by atoms with E-state index < -0.39 is 0 Å². The van der Waals surface area contributed by atoms with E-state index in [2.05, 4.69) is 32.7 Å². The van der Waals surface area contributed by atoms with E-state index in [-0.39, 0.29) is 11.0 Å². The summed E-state index contributed by atoms with van der Waals surface area (Å²) >= 11 is 0. The molecule has 1 atom stereocenters. The Morgan fingerprint density at radius 1 is 1.44 bits per heavy atom. The van der Waals surface area contributed by atoms with Gasteiger partial charge >= 0.3 is 0 Å². The van der Waals surface area contributed by atoms with Gasteiger partial charge in [0.25, 0.3) is 5.56 Å². The molecule has 2 heterocycles. The van der Waals surface area contributed by atoms with Crippen molar-refractivity contribution in [2.45, 2.75) is 52.5 Å². The van der Waals surface area contributed by atoms with E-state index in [1.54, 1.807) is 6.07 Å². The summed E-state index contributed by atoms with van der Waals surface area (Å²) in [4.78, 5) is 16.6. The molecule has 3 heteroatoms. The number of hydrogen-bond donors (Lipinski definition) is 0. The van der Waals surface area contributed by atoms with Gasteiger partial charge in [-0.05, 0) is 12.3 Å². The van der Waals surface area contributed by atoms with Gasteiger partial charge in [0.15, 0.2) is 0 Å². The Morgan fingerprint density at radius 3 is 2.75 bits per heavy atom. The molecule has 1 aliphatic rings. The van der Waals surface area contributed by atoms with Gasteiger partial charge in [-0.15, -0.1) is 0 Å². The van der Waals surface area contributed by atoms with E-state index in [1.807, 2.05) is 4.57 Å². The summed E-state index contributed by atoms with van der Waals surface area (Å²) in [7, 11) is 0. The predicted octanol–water partition coefficient (Wildman–Crippen LogP) is 2.12. The molecule has 16 heavy (non-hydrogen) atoms. The normalized spacial score (nSPS) is 20.6. The van der Waals surface area contributed by atoms with Crippen molar-refractivity contribution in [2.24, 2.45) is 5.92 Å². The topological polar surface area (TPSA) is 34.9 Å². The second-order valence-electron chi connectivity index (χ2n) is 5.90. The molecule has 0 spiro atoms. The SMILES string of the molecule is CC1CCc2nc(C(C)(C)C)cc(=O)n2C1. The van der Waals surface area contributed by atoms with Crippen LogP contribution >= 0.6 is 0 Å². The van der Waals surface area contributed by atoms with E-state index in [4.69, 9.17) is 0 Å². The number of fused-ring (bicyclic) bond motifs is 1. The maximum absolute atomic E-state index is 12.0. The molecule has 0 radical (unpaired) electrons. The Bertz CT molecular complexity index is 454. The van der Waals surface area contributed by atoms with Crippen LogP contribution in [0.2, 0.25) is 0 Å². The number of hydrogen-bond acceptors (Lipinski definition) is 2. The zero-order valence-electron chi connectivity index (χ0n) is 10.6. The summed E-state index contributed by atoms with van der Waals surface area (Å²) in [6.07, 6.45) is 2.07. The maximum atomic E-state index is 12.0. The summed E-state index contributed by atoms with van der Waals surface area (Å²) in [5.41, 5.74) is 0.984. The van der Waals surface area contributed by atoms with Gasteiger partial charge in [0.05, 0.1) is 5.69 Å². The average molecular weight is 220 g/mol. The van der Waals surface area contributed by atoms with Crippen molar-refractivity contribution in [3.05, 3.63) is 27.9 Å². The minimum Gasteiger partial charge on any atom is -0.296 e. The highest BCUT2D eigenvalue weighted by Crippen LogP contribution is 2.21. The Labute approximate surface area is 96.5 Å². The van der Waals surface area contributed by atoms with Gasteiger partial charge in [-0.1, -0.05) is 27.7 Å². The molecule has 1 aliphatic heterocycles. The zero-order valence-corrected chi connectivity index (χ0v) is 10.6. The van der Waals surface area contributed by atoms with Crippen LogP contribution in [0.1, 0.15) is 45.6 Å². The van der Waals surface area contributed by atoms with E-state index in [1.165, 1.54) is 0 Å². The lowest BCUT2D eigenvalue weighted by Crippen LogP contribution is -2.33. The van der Waals surface area contributed by atoms with Crippen molar-refractivity contribution in [3.63, 3.8) is 0 Å². The molecule has 2 rings (SSSR count). The van der Waals surface area contributed by atoms with Crippen LogP contribution < -0.4 is 5.56 Å². The lowest BCUT2D eigenvalue weighted by molar-refractivity contribution is 0.374. The number of nitrogens with zero attached hydrogens (tertiary/aromatic N) is 2. The van der Waals surface area contributed by atoms with Crippen molar-refractivity contribution in [3.8, 4) is 0 Å². The molecule has 0 aliphatic carbocycles. The fourth-order valence-electron chi connectivity index (χ4n) is 2.10. The molecule has 3 nitrogen and oxygen atoms in total. The molecule has 0 N–H and O–H groups in total. The largest absolute Gasteiger partial charge is 0.296 e. The van der Waals surface area contributed by atoms with Crippen LogP contribution in [0, 0.1) is 5.92 Å². The second kappa shape index (κ2) is 3.72. The minimum absolute atomic E-state index is 0.0438. The Hall–Kier alpha value is -1.12. The third-order valence-corrected chi connectivity index (χ3v) is 3.21. The van der Waals surface area contributed by atoms with Crippen LogP contribution in [-0.2, 0) is 18.4 Å². The molecule has 88 valence electrons. The number of aromatic nitrogens is 2. The molecule has 1 aromatic heterocycles. The number of rotatable bonds is 0. The zero-order chi connectivity index (χ0) is 11.9. The molecule has 0 aromatic carbocycles. The third kappa shape index (κ3) is 2.04. The minimum atomic E-state index is -0.0438. The monoisotopic (exact) mass is 220 g/mol. The highest BCUT2D eigenvalue weighted by molar-refractivity contribution is 5.14. The van der Waals surface area contributed by atoms with E-state index in [9.17, 15) is 4.79 Å². The first kappa shape index (κ1) is 11.4. The van der Waals surface area contributed by atoms with Gasteiger partial charge in [0, 0.05) is 24.4 Å². The van der Waals surface area contributed by atoms with Crippen LogP contribution in [0.15, 0.2) is 10.9 Å². The molecular weight excluding hydrogens is 200 g/mol. The van der Waals surface area contributed by atoms with Crippen LogP contribution in [0.25, 0.3) is 0 Å². The third-order valence-electron chi connectivity index (χ3n) is 3.21. The maximum Gasteiger partial charge on any atom is 0.253 e. The highest BCUT2D eigenvalue weighted by Gasteiger charge is 2.22. The first-order valence-electron chi connectivity index (χ1n) is 5.99. The van der Waals surface area contributed by atoms with E-state index in [0.717, 1.165) is 30.9 Å². The Kier molecular flexibility index (Phi) is 2.64. The van der Waals surface area contributed by atoms with Gasteiger partial charge in [-0.2, -0.15) is 0 Å². The van der Waals surface area contributed by atoms with Gasteiger partial charge < -0.3 is 0 Å². The quantitative estimate of drug-likeness (QED) is 0.671. The molecule has 1 unspecified atom stereocenters. The number of aryl methyl sites for hydroxylation is 1. The summed E-state index contributed by atoms with van der Waals surface area (Å²) in [6, 6.07) is 1.70. The van der Waals surface area contributed by atoms with Crippen molar-refractivity contribution in [1.82, 2.24) is 9.55 Å². The van der Waals surface area contributed by atoms with E-state index in [0.29, 0.717) is 5.92 Å². The van der Waals surface area contributed by atoms with Crippen LogP contribution in [-0.4, -0.2) is 9.55 Å². The fourth-order valence-corrected chi connectivity index (χ4v) is 2.10. The first-order chi connectivity index (χ1) is 7.38. The molecule has 0 amide bonds. The second-order valence-corrected chi connectivity index (χ2v) is 5.90. The smallest absolute Gasteiger partial charge is 0.253 e. The summed E-state index contributed by atoms with van der Waals surface area (Å²) < 4.78 is 1.84. The van der Waals surface area contributed by atoms with Crippen molar-refractivity contribution >= 4 is 0 Å². The molecule has 0 fully saturated rings. The van der Waals surface area contributed by atoms with Crippen molar-refractivity contribution in [1.29, 1.82) is 0 Å².